The van der Waals surface area contributed by atoms with E-state index in [1.165, 1.54) is 6.20 Å². The van der Waals surface area contributed by atoms with Gasteiger partial charge < -0.3 is 10.5 Å². The second kappa shape index (κ2) is 4.24. The van der Waals surface area contributed by atoms with Crippen LogP contribution in [-0.4, -0.2) is 38.2 Å². The minimum atomic E-state index is -3.53. The van der Waals surface area contributed by atoms with E-state index in [1.807, 2.05) is 0 Å². The Morgan fingerprint density at radius 1 is 1.61 bits per heavy atom. The van der Waals surface area contributed by atoms with E-state index in [1.54, 1.807) is 6.92 Å². The highest BCUT2D eigenvalue weighted by atomic mass is 32.2. The first-order chi connectivity index (χ1) is 8.49. The Morgan fingerprint density at radius 3 is 3.06 bits per heavy atom. The Morgan fingerprint density at radius 2 is 2.39 bits per heavy atom. The third-order valence-electron chi connectivity index (χ3n) is 3.60. The van der Waals surface area contributed by atoms with Gasteiger partial charge in [-0.3, -0.25) is 0 Å². The van der Waals surface area contributed by atoms with Crippen LogP contribution in [0, 0.1) is 12.8 Å². The maximum absolute atomic E-state index is 12.1. The number of nitrogens with zero attached hydrogens (tertiary/aromatic N) is 1. The minimum Gasteiger partial charge on any atom is -0.376 e. The molecule has 3 rings (SSSR count). The number of hydrogen-bond donors (Lipinski definition) is 2. The van der Waals surface area contributed by atoms with Gasteiger partial charge in [0, 0.05) is 18.6 Å². The highest BCUT2D eigenvalue weighted by Gasteiger charge is 2.53. The monoisotopic (exact) mass is 289 g/mol. The summed E-state index contributed by atoms with van der Waals surface area (Å²) < 4.78 is 32.6. The van der Waals surface area contributed by atoms with Gasteiger partial charge in [0.25, 0.3) is 10.0 Å². The van der Waals surface area contributed by atoms with Crippen molar-refractivity contribution in [1.82, 2.24) is 9.71 Å². The summed E-state index contributed by atoms with van der Waals surface area (Å²) >= 11 is 1.15. The lowest BCUT2D eigenvalue weighted by atomic mass is 9.73. The molecule has 1 aliphatic carbocycles. The number of sulfonamides is 1. The molecule has 1 saturated heterocycles. The fraction of sp³-hybridized carbons (Fsp3) is 0.700. The second-order valence-corrected chi connectivity index (χ2v) is 7.89. The lowest BCUT2D eigenvalue weighted by Crippen LogP contribution is -2.68. The quantitative estimate of drug-likeness (QED) is 0.806. The Bertz CT molecular complexity index is 556. The third-order valence-corrected chi connectivity index (χ3v) is 6.44. The van der Waals surface area contributed by atoms with Crippen LogP contribution in [0.2, 0.25) is 0 Å². The molecule has 1 aliphatic heterocycles. The number of rotatable bonds is 3. The predicted octanol–water partition coefficient (Wildman–Crippen LogP) is -0.156. The van der Waals surface area contributed by atoms with E-state index < -0.39 is 10.0 Å². The average molecular weight is 289 g/mol. The topological polar surface area (TPSA) is 94.3 Å². The van der Waals surface area contributed by atoms with Gasteiger partial charge in [0.2, 0.25) is 0 Å². The van der Waals surface area contributed by atoms with Crippen molar-refractivity contribution < 1.29 is 13.2 Å². The molecule has 1 aromatic rings. The molecule has 0 spiro atoms. The summed E-state index contributed by atoms with van der Waals surface area (Å²) in [6.45, 7) is 2.44. The lowest BCUT2D eigenvalue weighted by Gasteiger charge is -2.45. The summed E-state index contributed by atoms with van der Waals surface area (Å²) in [7, 11) is -3.53. The molecule has 2 aliphatic rings. The number of nitrogens with two attached hydrogens (primary N) is 1. The molecule has 8 heteroatoms. The van der Waals surface area contributed by atoms with Crippen molar-refractivity contribution in [1.29, 1.82) is 0 Å². The molecule has 1 aromatic heterocycles. The number of ether oxygens (including phenoxy) is 1. The summed E-state index contributed by atoms with van der Waals surface area (Å²) in [4.78, 5) is 3.96. The Labute approximate surface area is 110 Å². The van der Waals surface area contributed by atoms with Gasteiger partial charge in [-0.25, -0.2) is 18.1 Å². The molecule has 2 fully saturated rings. The molecular weight excluding hydrogens is 274 g/mol. The van der Waals surface area contributed by atoms with Crippen molar-refractivity contribution in [2.45, 2.75) is 35.7 Å². The molecule has 2 heterocycles. The molecule has 100 valence electrons. The number of thiazole rings is 1. The number of aryl methyl sites for hydroxylation is 1. The number of nitrogens with one attached hydrogen (secondary N) is 1. The average Bonchev–Trinajstić information content (AvgIpc) is 2.92. The van der Waals surface area contributed by atoms with Crippen LogP contribution in [0.25, 0.3) is 0 Å². The third kappa shape index (κ3) is 1.88. The van der Waals surface area contributed by atoms with Crippen molar-refractivity contribution in [2.24, 2.45) is 11.7 Å². The summed E-state index contributed by atoms with van der Waals surface area (Å²) in [5, 5.41) is 0.725. The van der Waals surface area contributed by atoms with E-state index in [0.717, 1.165) is 22.8 Å². The lowest BCUT2D eigenvalue weighted by molar-refractivity contribution is -0.00922. The zero-order valence-corrected chi connectivity index (χ0v) is 11.5. The predicted molar refractivity (Wildman–Crippen MR) is 66.8 cm³/mol. The Hall–Kier alpha value is -0.540. The van der Waals surface area contributed by atoms with Crippen LogP contribution in [0.3, 0.4) is 0 Å². The smallest absolute Gasteiger partial charge is 0.252 e. The van der Waals surface area contributed by atoms with Crippen molar-refractivity contribution in [2.75, 3.05) is 6.61 Å². The Kier molecular flexibility index (Phi) is 2.94. The van der Waals surface area contributed by atoms with Crippen LogP contribution in [0.4, 0.5) is 0 Å². The summed E-state index contributed by atoms with van der Waals surface area (Å²) in [6, 6.07) is -0.466. The fourth-order valence-electron chi connectivity index (χ4n) is 2.60. The molecule has 4 atom stereocenters. The second-order valence-electron chi connectivity index (χ2n) is 4.71. The van der Waals surface area contributed by atoms with Crippen molar-refractivity contribution in [3.05, 3.63) is 11.2 Å². The van der Waals surface area contributed by atoms with Crippen LogP contribution in [0.15, 0.2) is 10.4 Å². The maximum atomic E-state index is 12.1. The van der Waals surface area contributed by atoms with Gasteiger partial charge in [0.05, 0.1) is 23.4 Å². The van der Waals surface area contributed by atoms with Gasteiger partial charge in [-0.2, -0.15) is 0 Å². The maximum Gasteiger partial charge on any atom is 0.252 e. The zero-order valence-electron chi connectivity index (χ0n) is 9.87. The van der Waals surface area contributed by atoms with Crippen LogP contribution in [0.1, 0.15) is 11.4 Å². The summed E-state index contributed by atoms with van der Waals surface area (Å²) in [6.07, 6.45) is 2.23. The van der Waals surface area contributed by atoms with Gasteiger partial charge in [0.1, 0.15) is 0 Å². The van der Waals surface area contributed by atoms with Crippen LogP contribution in [0.5, 0.6) is 0 Å². The van der Waals surface area contributed by atoms with Gasteiger partial charge in [-0.1, -0.05) is 0 Å². The highest BCUT2D eigenvalue weighted by Crippen LogP contribution is 2.38. The van der Waals surface area contributed by atoms with Gasteiger partial charge >= 0.3 is 0 Å². The van der Waals surface area contributed by atoms with Gasteiger partial charge in [-0.15, -0.1) is 11.3 Å². The first-order valence-electron chi connectivity index (χ1n) is 5.81. The molecule has 0 bridgehead atoms. The van der Waals surface area contributed by atoms with Gasteiger partial charge in [0.15, 0.2) is 4.21 Å². The van der Waals surface area contributed by atoms with E-state index in [0.29, 0.717) is 12.5 Å². The van der Waals surface area contributed by atoms with Crippen molar-refractivity contribution >= 4 is 21.4 Å². The molecule has 0 radical (unpaired) electrons. The molecule has 0 amide bonds. The molecule has 3 N–H and O–H groups in total. The number of aromatic nitrogens is 1. The standard InChI is InChI=1S/C10H15N3O3S2/c1-5-12-4-7(17-5)18(14,15)13-9-8(11)6-2-3-16-10(6)9/h4,6,8-10,13H,2-3,11H2,1H3. The van der Waals surface area contributed by atoms with E-state index >= 15 is 0 Å². The summed E-state index contributed by atoms with van der Waals surface area (Å²) in [5.41, 5.74) is 5.98. The van der Waals surface area contributed by atoms with Crippen LogP contribution >= 0.6 is 11.3 Å². The molecule has 4 unspecified atom stereocenters. The Balaban J connectivity index is 1.77. The van der Waals surface area contributed by atoms with Crippen LogP contribution < -0.4 is 10.5 Å². The van der Waals surface area contributed by atoms with E-state index in [9.17, 15) is 8.42 Å². The molecule has 18 heavy (non-hydrogen) atoms. The highest BCUT2D eigenvalue weighted by molar-refractivity contribution is 7.91. The van der Waals surface area contributed by atoms with E-state index in [4.69, 9.17) is 10.5 Å². The van der Waals surface area contributed by atoms with Crippen molar-refractivity contribution in [3.8, 4) is 0 Å². The number of hydrogen-bond acceptors (Lipinski definition) is 6. The van der Waals surface area contributed by atoms with Gasteiger partial charge in [-0.05, 0) is 13.3 Å². The van der Waals surface area contributed by atoms with E-state index in [-0.39, 0.29) is 22.4 Å². The first kappa shape index (κ1) is 12.5. The molecule has 6 nitrogen and oxygen atoms in total. The first-order valence-corrected chi connectivity index (χ1v) is 8.11. The molecular formula is C10H15N3O3S2. The SMILES string of the molecule is Cc1ncc(S(=O)(=O)NC2C(N)C3CCOC32)s1. The molecule has 0 aromatic carbocycles. The molecule has 1 saturated carbocycles. The zero-order chi connectivity index (χ0) is 12.9. The largest absolute Gasteiger partial charge is 0.376 e. The minimum absolute atomic E-state index is 0.0659. The summed E-state index contributed by atoms with van der Waals surface area (Å²) in [5.74, 6) is 0.292. The fourth-order valence-corrected chi connectivity index (χ4v) is 5.00. The normalized spacial score (nSPS) is 35.2. The number of fused-ring (bicyclic) bond motifs is 1. The van der Waals surface area contributed by atoms with Crippen molar-refractivity contribution in [3.63, 3.8) is 0 Å². The van der Waals surface area contributed by atoms with Crippen LogP contribution in [-0.2, 0) is 14.8 Å². The van der Waals surface area contributed by atoms with E-state index in [2.05, 4.69) is 9.71 Å².